The minimum absolute atomic E-state index is 0.263. The number of hydrogen-bond acceptors (Lipinski definition) is 3. The molecule has 0 radical (unpaired) electrons. The summed E-state index contributed by atoms with van der Waals surface area (Å²) in [4.78, 5) is 0. The fraction of sp³-hybridized carbons (Fsp3) is 1.00. The van der Waals surface area contributed by atoms with Crippen LogP contribution in [0, 0.1) is 0 Å². The predicted octanol–water partition coefficient (Wildman–Crippen LogP) is -1.37. The topological polar surface area (TPSA) is 72.7 Å². The first-order chi connectivity index (χ1) is 3.11. The molecule has 0 aromatic carbocycles. The molecule has 7 heavy (non-hydrogen) atoms. The molecule has 1 aliphatic heterocycles. The summed E-state index contributed by atoms with van der Waals surface area (Å²) in [7, 11) is -3.35. The zero-order valence-corrected chi connectivity index (χ0v) is 4.31. The third-order valence-electron chi connectivity index (χ3n) is 0.669. The van der Waals surface area contributed by atoms with Gasteiger partial charge in [-0.2, -0.15) is 0 Å². The van der Waals surface area contributed by atoms with E-state index < -0.39 is 15.5 Å². The van der Waals surface area contributed by atoms with Gasteiger partial charge in [-0.15, -0.1) is 0 Å². The van der Waals surface area contributed by atoms with Crippen molar-refractivity contribution < 1.29 is 13.2 Å². The van der Waals surface area contributed by atoms with Gasteiger partial charge in [0.25, 0.3) is 0 Å². The summed E-state index contributed by atoms with van der Waals surface area (Å²) in [5.41, 5.74) is -0.701. The van der Waals surface area contributed by atoms with Crippen LogP contribution in [0.2, 0.25) is 0 Å². The summed E-state index contributed by atoms with van der Waals surface area (Å²) < 4.78 is 24.5. The summed E-state index contributed by atoms with van der Waals surface area (Å²) in [5.74, 6) is 0. The van der Waals surface area contributed by atoms with Gasteiger partial charge >= 0.3 is 0 Å². The van der Waals surface area contributed by atoms with Crippen molar-refractivity contribution in [1.82, 2.24) is 0 Å². The van der Waals surface area contributed by atoms with Gasteiger partial charge < -0.3 is 4.74 Å². The molecule has 1 fully saturated rings. The standard InChI is InChI=1S/C2H5NO3S/c3-7(4,5)2-1-6-2/h2H,1H2,(H2,3,4,5). The Kier molecular flexibility index (Phi) is 0.844. The van der Waals surface area contributed by atoms with Gasteiger partial charge in [-0.1, -0.05) is 0 Å². The zero-order valence-electron chi connectivity index (χ0n) is 3.49. The zero-order chi connectivity index (χ0) is 5.49. The highest BCUT2D eigenvalue weighted by atomic mass is 32.2. The van der Waals surface area contributed by atoms with Crippen LogP contribution >= 0.6 is 0 Å². The lowest BCUT2D eigenvalue weighted by molar-refractivity contribution is 0.445. The minimum Gasteiger partial charge on any atom is -0.355 e. The van der Waals surface area contributed by atoms with Crippen LogP contribution in [-0.4, -0.2) is 20.5 Å². The molecular formula is C2H5NO3S. The molecule has 1 rings (SSSR count). The molecule has 0 saturated carbocycles. The van der Waals surface area contributed by atoms with Crippen LogP contribution in [0.3, 0.4) is 0 Å². The highest BCUT2D eigenvalue weighted by Crippen LogP contribution is 2.12. The van der Waals surface area contributed by atoms with E-state index >= 15 is 0 Å². The van der Waals surface area contributed by atoms with Gasteiger partial charge in [-0.25, -0.2) is 13.6 Å². The highest BCUT2D eigenvalue weighted by molar-refractivity contribution is 7.89. The number of epoxide rings is 1. The lowest BCUT2D eigenvalue weighted by Crippen LogP contribution is -2.17. The Bertz CT molecular complexity index is 156. The minimum atomic E-state index is -3.35. The second-order valence-corrected chi connectivity index (χ2v) is 3.06. The second kappa shape index (κ2) is 1.18. The van der Waals surface area contributed by atoms with Gasteiger partial charge in [-0.3, -0.25) is 0 Å². The van der Waals surface area contributed by atoms with Crippen molar-refractivity contribution in [2.45, 2.75) is 5.44 Å². The summed E-state index contributed by atoms with van der Waals surface area (Å²) in [6.07, 6.45) is 0. The van der Waals surface area contributed by atoms with Crippen molar-refractivity contribution in [2.75, 3.05) is 6.61 Å². The van der Waals surface area contributed by atoms with Gasteiger partial charge in [0.05, 0.1) is 6.61 Å². The lowest BCUT2D eigenvalue weighted by Gasteiger charge is -1.81. The lowest BCUT2D eigenvalue weighted by atomic mass is 11.0. The predicted molar refractivity (Wildman–Crippen MR) is 22.8 cm³/mol. The van der Waals surface area contributed by atoms with Crippen molar-refractivity contribution in [3.8, 4) is 0 Å². The first-order valence-electron chi connectivity index (χ1n) is 1.74. The van der Waals surface area contributed by atoms with Crippen molar-refractivity contribution in [1.29, 1.82) is 0 Å². The van der Waals surface area contributed by atoms with Gasteiger partial charge in [0.2, 0.25) is 10.0 Å². The van der Waals surface area contributed by atoms with Crippen molar-refractivity contribution >= 4 is 10.0 Å². The summed E-state index contributed by atoms with van der Waals surface area (Å²) in [5, 5.41) is 4.59. The van der Waals surface area contributed by atoms with Crippen LogP contribution in [0.5, 0.6) is 0 Å². The number of nitrogens with two attached hydrogens (primary N) is 1. The van der Waals surface area contributed by atoms with Crippen LogP contribution in [-0.2, 0) is 14.8 Å². The number of rotatable bonds is 1. The molecule has 0 spiro atoms. The van der Waals surface area contributed by atoms with Crippen molar-refractivity contribution in [3.05, 3.63) is 0 Å². The van der Waals surface area contributed by atoms with E-state index in [1.165, 1.54) is 0 Å². The highest BCUT2D eigenvalue weighted by Gasteiger charge is 2.34. The van der Waals surface area contributed by atoms with Crippen molar-refractivity contribution in [3.63, 3.8) is 0 Å². The summed E-state index contributed by atoms with van der Waals surface area (Å²) in [6.45, 7) is 0.263. The van der Waals surface area contributed by atoms with E-state index in [9.17, 15) is 8.42 Å². The third kappa shape index (κ3) is 1.12. The molecule has 0 amide bonds. The Morgan fingerprint density at radius 1 is 1.71 bits per heavy atom. The SMILES string of the molecule is NS(=O)(=O)C1CO1. The first kappa shape index (κ1) is 5.02. The van der Waals surface area contributed by atoms with Crippen LogP contribution in [0.15, 0.2) is 0 Å². The average Bonchev–Trinajstić information content (AvgIpc) is 1.99. The van der Waals surface area contributed by atoms with E-state index in [1.54, 1.807) is 0 Å². The van der Waals surface area contributed by atoms with Gasteiger partial charge in [0.1, 0.15) is 0 Å². The number of hydrogen-bond donors (Lipinski definition) is 1. The van der Waals surface area contributed by atoms with E-state index in [0.717, 1.165) is 0 Å². The van der Waals surface area contributed by atoms with Crippen LogP contribution < -0.4 is 5.14 Å². The molecule has 0 aliphatic carbocycles. The van der Waals surface area contributed by atoms with E-state index in [1.807, 2.05) is 0 Å². The molecule has 0 aromatic rings. The fourth-order valence-electron chi connectivity index (χ4n) is 0.229. The fourth-order valence-corrected chi connectivity index (χ4v) is 0.687. The Labute approximate surface area is 41.3 Å². The Morgan fingerprint density at radius 2 is 2.14 bits per heavy atom. The van der Waals surface area contributed by atoms with Crippen LogP contribution in [0.25, 0.3) is 0 Å². The molecular weight excluding hydrogens is 118 g/mol. The van der Waals surface area contributed by atoms with E-state index in [2.05, 4.69) is 9.88 Å². The normalized spacial score (nSPS) is 30.1. The third-order valence-corrected chi connectivity index (χ3v) is 1.67. The van der Waals surface area contributed by atoms with Gasteiger partial charge in [0.15, 0.2) is 5.44 Å². The van der Waals surface area contributed by atoms with Crippen LogP contribution in [0.1, 0.15) is 0 Å². The quantitative estimate of drug-likeness (QED) is 0.437. The number of ether oxygens (including phenoxy) is 1. The van der Waals surface area contributed by atoms with E-state index in [-0.39, 0.29) is 6.61 Å². The van der Waals surface area contributed by atoms with E-state index in [0.29, 0.717) is 0 Å². The molecule has 42 valence electrons. The molecule has 5 heteroatoms. The van der Waals surface area contributed by atoms with Crippen LogP contribution in [0.4, 0.5) is 0 Å². The monoisotopic (exact) mass is 123 g/mol. The number of primary sulfonamides is 1. The average molecular weight is 123 g/mol. The molecule has 0 aromatic heterocycles. The van der Waals surface area contributed by atoms with Crippen molar-refractivity contribution in [2.24, 2.45) is 5.14 Å². The molecule has 1 unspecified atom stereocenters. The molecule has 4 nitrogen and oxygen atoms in total. The summed E-state index contributed by atoms with van der Waals surface area (Å²) >= 11 is 0. The molecule has 0 bridgehead atoms. The largest absolute Gasteiger partial charge is 0.355 e. The number of sulfonamides is 1. The summed E-state index contributed by atoms with van der Waals surface area (Å²) in [6, 6.07) is 0. The molecule has 1 saturated heterocycles. The Hall–Kier alpha value is -0.130. The maximum absolute atomic E-state index is 10.0. The molecule has 2 N–H and O–H groups in total. The Balaban J connectivity index is 2.71. The smallest absolute Gasteiger partial charge is 0.238 e. The molecule has 1 heterocycles. The maximum atomic E-state index is 10.0. The maximum Gasteiger partial charge on any atom is 0.238 e. The second-order valence-electron chi connectivity index (χ2n) is 1.35. The molecule has 1 atom stereocenters. The first-order valence-corrected chi connectivity index (χ1v) is 3.35. The van der Waals surface area contributed by atoms with Gasteiger partial charge in [-0.05, 0) is 0 Å². The van der Waals surface area contributed by atoms with Gasteiger partial charge in [0, 0.05) is 0 Å². The molecule has 1 aliphatic rings. The van der Waals surface area contributed by atoms with E-state index in [4.69, 9.17) is 0 Å². The Morgan fingerprint density at radius 3 is 2.14 bits per heavy atom.